The number of aliphatic hydroxyl groups is 8. The molecule has 2 heterocycles. The van der Waals surface area contributed by atoms with E-state index >= 15 is 0 Å². The molecule has 9 N–H and O–H groups in total. The van der Waals surface area contributed by atoms with Crippen molar-refractivity contribution in [1.29, 1.82) is 0 Å². The number of rotatable bonds is 59. The lowest BCUT2D eigenvalue weighted by atomic mass is 9.97. The minimum Gasteiger partial charge on any atom is -0.394 e. The van der Waals surface area contributed by atoms with Crippen LogP contribution in [0.3, 0.4) is 0 Å². The van der Waals surface area contributed by atoms with Crippen molar-refractivity contribution < 1.29 is 64.6 Å². The van der Waals surface area contributed by atoms with Crippen molar-refractivity contribution in [3.63, 3.8) is 0 Å². The fourth-order valence-electron chi connectivity index (χ4n) is 11.2. The number of hydrogen-bond acceptors (Lipinski definition) is 13. The van der Waals surface area contributed by atoms with E-state index in [1.54, 1.807) is 6.08 Å². The van der Waals surface area contributed by atoms with Crippen LogP contribution in [0, 0.1) is 0 Å². The van der Waals surface area contributed by atoms with Crippen LogP contribution in [0.4, 0.5) is 0 Å². The van der Waals surface area contributed by atoms with E-state index in [1.807, 2.05) is 6.08 Å². The normalized spacial score (nSPS) is 23.3. The minimum atomic E-state index is -1.80. The van der Waals surface area contributed by atoms with Gasteiger partial charge in [-0.05, 0) is 109 Å². The summed E-state index contributed by atoms with van der Waals surface area (Å²) < 4.78 is 22.8. The summed E-state index contributed by atoms with van der Waals surface area (Å²) in [5.74, 6) is -0.278. The van der Waals surface area contributed by atoms with Crippen LogP contribution in [0.1, 0.15) is 258 Å². The third-order valence-electron chi connectivity index (χ3n) is 17.0. The zero-order valence-electron chi connectivity index (χ0n) is 58.4. The monoisotopic (exact) mass is 1320 g/mol. The van der Waals surface area contributed by atoms with Crippen molar-refractivity contribution in [3.8, 4) is 0 Å². The molecule has 0 aromatic rings. The molecule has 2 aliphatic rings. The van der Waals surface area contributed by atoms with E-state index in [1.165, 1.54) is 122 Å². The van der Waals surface area contributed by atoms with Gasteiger partial charge in [0.1, 0.15) is 48.8 Å². The van der Waals surface area contributed by atoms with Crippen LogP contribution in [0.5, 0.6) is 0 Å². The predicted molar refractivity (Wildman–Crippen MR) is 387 cm³/mol. The average molecular weight is 1320 g/mol. The second-order valence-electron chi connectivity index (χ2n) is 25.3. The maximum absolute atomic E-state index is 13.3. The molecule has 2 aliphatic heterocycles. The Hall–Kier alpha value is -4.13. The summed E-state index contributed by atoms with van der Waals surface area (Å²) in [6, 6.07) is -0.959. The van der Waals surface area contributed by atoms with Gasteiger partial charge in [0.05, 0.1) is 32.0 Å². The molecule has 14 nitrogen and oxygen atoms in total. The lowest BCUT2D eigenvalue weighted by Crippen LogP contribution is -2.65. The summed E-state index contributed by atoms with van der Waals surface area (Å²) in [5, 5.41) is 87.5. The first-order valence-corrected chi connectivity index (χ1v) is 37.1. The second kappa shape index (κ2) is 62.4. The minimum absolute atomic E-state index is 0.234. The van der Waals surface area contributed by atoms with Gasteiger partial charge in [0.15, 0.2) is 12.6 Å². The van der Waals surface area contributed by atoms with Crippen LogP contribution in [0.25, 0.3) is 0 Å². The topological polar surface area (TPSA) is 228 Å². The number of carbonyl (C=O) groups excluding carboxylic acids is 1. The molecule has 12 unspecified atom stereocenters. The summed E-state index contributed by atoms with van der Waals surface area (Å²) in [6.07, 6.45) is 77.6. The van der Waals surface area contributed by atoms with Crippen LogP contribution in [-0.4, -0.2) is 140 Å². The summed E-state index contributed by atoms with van der Waals surface area (Å²) >= 11 is 0. The van der Waals surface area contributed by atoms with Gasteiger partial charge in [-0.3, -0.25) is 4.79 Å². The zero-order valence-corrected chi connectivity index (χ0v) is 58.4. The second-order valence-corrected chi connectivity index (χ2v) is 25.3. The van der Waals surface area contributed by atoms with Gasteiger partial charge in [0.25, 0.3) is 0 Å². The largest absolute Gasteiger partial charge is 0.394 e. The van der Waals surface area contributed by atoms with Crippen molar-refractivity contribution in [1.82, 2.24) is 5.32 Å². The number of hydrogen-bond donors (Lipinski definition) is 9. The lowest BCUT2D eigenvalue weighted by Gasteiger charge is -2.46. The molecule has 94 heavy (non-hydrogen) atoms. The first-order valence-electron chi connectivity index (χ1n) is 37.1. The Morgan fingerprint density at radius 1 is 0.394 bits per heavy atom. The quantitative estimate of drug-likeness (QED) is 0.0204. The van der Waals surface area contributed by atoms with Crippen molar-refractivity contribution in [2.45, 2.75) is 331 Å². The van der Waals surface area contributed by atoms with Crippen molar-refractivity contribution in [3.05, 3.63) is 146 Å². The molecule has 0 radical (unpaired) electrons. The van der Waals surface area contributed by atoms with E-state index in [9.17, 15) is 45.6 Å². The average Bonchev–Trinajstić information content (AvgIpc) is 0.794. The fraction of sp³-hybridized carbons (Fsp3) is 0.688. The molecule has 0 aromatic heterocycles. The Labute approximate surface area is 570 Å². The molecule has 0 spiro atoms. The van der Waals surface area contributed by atoms with Gasteiger partial charge in [-0.25, -0.2) is 0 Å². The molecule has 1 amide bonds. The molecule has 2 rings (SSSR count). The molecular weight excluding hydrogens is 1180 g/mol. The molecule has 0 bridgehead atoms. The molecule has 2 saturated heterocycles. The molecule has 14 heteroatoms. The summed E-state index contributed by atoms with van der Waals surface area (Å²) in [6.45, 7) is 2.66. The Bertz CT molecular complexity index is 2140. The van der Waals surface area contributed by atoms with Gasteiger partial charge in [-0.15, -0.1) is 0 Å². The lowest BCUT2D eigenvalue weighted by molar-refractivity contribution is -0.359. The van der Waals surface area contributed by atoms with Gasteiger partial charge < -0.3 is 65.1 Å². The third kappa shape index (κ3) is 45.4. The van der Waals surface area contributed by atoms with Crippen molar-refractivity contribution in [2.75, 3.05) is 19.8 Å². The van der Waals surface area contributed by atoms with Gasteiger partial charge in [0.2, 0.25) is 5.91 Å². The summed E-state index contributed by atoms with van der Waals surface area (Å²) in [7, 11) is 0. The standard InChI is InChI=1S/C80H133NO13/c1-3-5-7-9-11-13-15-17-19-21-23-25-27-29-30-31-32-33-34-35-36-37-38-40-42-44-46-48-50-52-54-56-58-60-62-64-72(85)81-68(67-91-79-77(90)75(88)78(71(66-83)93-79)94-80-76(89)74(87)73(86)70(65-82)92-80)69(84)63-61-59-57-55-53-51-49-47-45-43-41-39-28-26-24-22-20-18-16-14-12-10-8-6-4-2/h5,7,11,13,17,19,23,25,29-30,32-33,35-36,38,40,44,46,50,52-53,55,61,63,68-71,73-80,82-84,86-90H,3-4,6,8-10,12,14-16,18,20-22,24,26-28,31,34,37,39,41-43,45,47-49,51,54,56-60,62,64-67H2,1-2H3,(H,81,85)/b7-5-,13-11-,19-17-,25-23-,30-29-,33-32-,36-35-,40-38-,46-44-,52-50-,55-53+,63-61+. The highest BCUT2D eigenvalue weighted by molar-refractivity contribution is 5.76. The zero-order chi connectivity index (χ0) is 68.0. The molecule has 0 aromatic carbocycles. The molecule has 536 valence electrons. The molecular formula is C80H133NO13. The highest BCUT2D eigenvalue weighted by Crippen LogP contribution is 2.30. The van der Waals surface area contributed by atoms with Crippen LogP contribution >= 0.6 is 0 Å². The number of allylic oxidation sites excluding steroid dienone is 23. The number of aliphatic hydroxyl groups excluding tert-OH is 8. The maximum Gasteiger partial charge on any atom is 0.220 e. The van der Waals surface area contributed by atoms with Gasteiger partial charge in [0, 0.05) is 6.42 Å². The molecule has 12 atom stereocenters. The summed E-state index contributed by atoms with van der Waals surface area (Å²) in [5.41, 5.74) is 0. The van der Waals surface area contributed by atoms with E-state index in [-0.39, 0.29) is 18.9 Å². The van der Waals surface area contributed by atoms with Crippen LogP contribution in [0.15, 0.2) is 146 Å². The van der Waals surface area contributed by atoms with Gasteiger partial charge in [-0.1, -0.05) is 288 Å². The number of nitrogens with one attached hydrogen (secondary N) is 1. The Morgan fingerprint density at radius 2 is 0.745 bits per heavy atom. The SMILES string of the molecule is CC/C=C\C/C=C\C/C=C\C/C=C\C/C=C\C/C=C\C/C=C\C/C=C\C/C=C\C/C=C\CCCCCCC(=O)NC(COC1OC(CO)C(OC2OC(CO)C(O)C(O)C2O)C(O)C1O)C(O)/C=C/CC/C=C/CCCCCCCCCCCCCCCCCCCCC. The number of unbranched alkanes of at least 4 members (excludes halogenated alkanes) is 24. The highest BCUT2D eigenvalue weighted by Gasteiger charge is 2.51. The predicted octanol–water partition coefficient (Wildman–Crippen LogP) is 16.0. The van der Waals surface area contributed by atoms with E-state index in [0.29, 0.717) is 12.8 Å². The van der Waals surface area contributed by atoms with E-state index in [4.69, 9.17) is 18.9 Å². The van der Waals surface area contributed by atoms with E-state index in [2.05, 4.69) is 153 Å². The molecule has 2 fully saturated rings. The molecule has 0 saturated carbocycles. The number of ether oxygens (including phenoxy) is 4. The highest BCUT2D eigenvalue weighted by atomic mass is 16.7. The van der Waals surface area contributed by atoms with Crippen molar-refractivity contribution in [2.24, 2.45) is 0 Å². The first-order chi connectivity index (χ1) is 46.1. The summed E-state index contributed by atoms with van der Waals surface area (Å²) in [4.78, 5) is 13.3. The maximum atomic E-state index is 13.3. The molecule has 0 aliphatic carbocycles. The van der Waals surface area contributed by atoms with Crippen molar-refractivity contribution >= 4 is 5.91 Å². The van der Waals surface area contributed by atoms with Gasteiger partial charge >= 0.3 is 0 Å². The van der Waals surface area contributed by atoms with Crippen LogP contribution in [0.2, 0.25) is 0 Å². The van der Waals surface area contributed by atoms with Gasteiger partial charge in [-0.2, -0.15) is 0 Å². The van der Waals surface area contributed by atoms with Crippen LogP contribution < -0.4 is 5.32 Å². The Morgan fingerprint density at radius 3 is 1.17 bits per heavy atom. The fourth-order valence-corrected chi connectivity index (χ4v) is 11.2. The third-order valence-corrected chi connectivity index (χ3v) is 17.0. The number of carbonyl (C=O) groups is 1. The smallest absolute Gasteiger partial charge is 0.220 e. The first kappa shape index (κ1) is 86.0. The Kier molecular flexibility index (Phi) is 57.1. The number of amides is 1. The Balaban J connectivity index is 1.70. The van der Waals surface area contributed by atoms with E-state index in [0.717, 1.165) is 103 Å². The van der Waals surface area contributed by atoms with Crippen LogP contribution in [-0.2, 0) is 23.7 Å². The van der Waals surface area contributed by atoms with E-state index < -0.39 is 86.8 Å².